The average molecular weight is 339 g/mol. The molecule has 2 aromatic rings. The molecule has 0 heterocycles. The fourth-order valence-corrected chi connectivity index (χ4v) is 2.02. The summed E-state index contributed by atoms with van der Waals surface area (Å²) in [5.74, 6) is 0.705. The molecule has 2 N–H and O–H groups in total. The van der Waals surface area contributed by atoms with Gasteiger partial charge in [0, 0.05) is 15.7 Å². The highest BCUT2D eigenvalue weighted by Crippen LogP contribution is 2.19. The fraction of sp³-hybridized carbons (Fsp3) is 0.188. The molecule has 0 saturated carbocycles. The maximum absolute atomic E-state index is 11.7. The lowest BCUT2D eigenvalue weighted by Gasteiger charge is -2.10. The summed E-state index contributed by atoms with van der Waals surface area (Å²) in [5, 5.41) is 6.68. The van der Waals surface area contributed by atoms with E-state index in [-0.39, 0.29) is 6.03 Å². The van der Waals surface area contributed by atoms with Crippen molar-refractivity contribution in [3.05, 3.63) is 58.1 Å². The van der Waals surface area contributed by atoms with Crippen LogP contribution >= 0.6 is 23.2 Å². The van der Waals surface area contributed by atoms with Crippen LogP contribution in [0.25, 0.3) is 0 Å². The molecular weight excluding hydrogens is 323 g/mol. The molecule has 0 aliphatic carbocycles. The van der Waals surface area contributed by atoms with Gasteiger partial charge in [-0.15, -0.1) is 0 Å². The van der Waals surface area contributed by atoms with Crippen molar-refractivity contribution in [2.75, 3.05) is 18.5 Å². The van der Waals surface area contributed by atoms with Crippen LogP contribution in [0.3, 0.4) is 0 Å². The van der Waals surface area contributed by atoms with Crippen molar-refractivity contribution >= 4 is 34.9 Å². The normalized spacial score (nSPS) is 10.1. The van der Waals surface area contributed by atoms with Gasteiger partial charge in [0.05, 0.1) is 6.54 Å². The van der Waals surface area contributed by atoms with Gasteiger partial charge in [-0.05, 0) is 48.9 Å². The minimum absolute atomic E-state index is 0.306. The number of hydrogen-bond acceptors (Lipinski definition) is 2. The van der Waals surface area contributed by atoms with Crippen LogP contribution in [0.4, 0.5) is 10.5 Å². The van der Waals surface area contributed by atoms with E-state index in [9.17, 15) is 4.79 Å². The van der Waals surface area contributed by atoms with Crippen LogP contribution < -0.4 is 15.4 Å². The Labute approximate surface area is 139 Å². The molecule has 0 fully saturated rings. The zero-order chi connectivity index (χ0) is 15.9. The SMILES string of the molecule is Cc1ccc(NC(=O)NCCOc2ccc(Cl)cc2)cc1Cl. The molecular formula is C16H16Cl2N2O2. The number of aryl methyl sites for hydroxylation is 1. The molecule has 0 unspecified atom stereocenters. The highest BCUT2D eigenvalue weighted by atomic mass is 35.5. The Morgan fingerprint density at radius 2 is 1.86 bits per heavy atom. The van der Waals surface area contributed by atoms with E-state index in [0.29, 0.717) is 34.6 Å². The topological polar surface area (TPSA) is 50.4 Å². The molecule has 0 aliphatic heterocycles. The maximum Gasteiger partial charge on any atom is 0.319 e. The van der Waals surface area contributed by atoms with E-state index in [2.05, 4.69) is 10.6 Å². The van der Waals surface area contributed by atoms with Crippen molar-refractivity contribution in [1.82, 2.24) is 5.32 Å². The first-order chi connectivity index (χ1) is 10.5. The van der Waals surface area contributed by atoms with Crippen molar-refractivity contribution in [3.63, 3.8) is 0 Å². The van der Waals surface area contributed by atoms with Crippen molar-refractivity contribution in [2.45, 2.75) is 6.92 Å². The molecule has 2 rings (SSSR count). The third-order valence-electron chi connectivity index (χ3n) is 2.90. The number of benzene rings is 2. The monoisotopic (exact) mass is 338 g/mol. The maximum atomic E-state index is 11.7. The smallest absolute Gasteiger partial charge is 0.319 e. The zero-order valence-electron chi connectivity index (χ0n) is 12.0. The van der Waals surface area contributed by atoms with Gasteiger partial charge in [0.2, 0.25) is 0 Å². The van der Waals surface area contributed by atoms with E-state index < -0.39 is 0 Å². The standard InChI is InChI=1S/C16H16Cl2N2O2/c1-11-2-5-13(10-15(11)18)20-16(21)19-8-9-22-14-6-3-12(17)4-7-14/h2-7,10H,8-9H2,1H3,(H2,19,20,21). The van der Waals surface area contributed by atoms with Gasteiger partial charge in [-0.2, -0.15) is 0 Å². The number of nitrogens with one attached hydrogen (secondary N) is 2. The molecule has 2 amide bonds. The minimum Gasteiger partial charge on any atom is -0.492 e. The van der Waals surface area contributed by atoms with E-state index in [0.717, 1.165) is 5.56 Å². The van der Waals surface area contributed by atoms with E-state index in [1.165, 1.54) is 0 Å². The number of halogens is 2. The second kappa shape index (κ2) is 7.92. The molecule has 0 atom stereocenters. The van der Waals surface area contributed by atoms with Crippen LogP contribution in [-0.4, -0.2) is 19.2 Å². The van der Waals surface area contributed by atoms with Crippen molar-refractivity contribution in [2.24, 2.45) is 0 Å². The van der Waals surface area contributed by atoms with Crippen LogP contribution in [0.1, 0.15) is 5.56 Å². The number of hydrogen-bond donors (Lipinski definition) is 2. The van der Waals surface area contributed by atoms with Crippen molar-refractivity contribution < 1.29 is 9.53 Å². The molecule has 0 saturated heterocycles. The molecule has 6 heteroatoms. The Kier molecular flexibility index (Phi) is 5.92. The first kappa shape index (κ1) is 16.5. The van der Waals surface area contributed by atoms with Crippen LogP contribution in [0.2, 0.25) is 10.0 Å². The summed E-state index contributed by atoms with van der Waals surface area (Å²) in [5.41, 5.74) is 1.61. The number of anilines is 1. The second-order valence-electron chi connectivity index (χ2n) is 4.65. The van der Waals surface area contributed by atoms with Gasteiger partial charge in [0.25, 0.3) is 0 Å². The third kappa shape index (κ3) is 5.13. The van der Waals surface area contributed by atoms with Gasteiger partial charge in [0.1, 0.15) is 12.4 Å². The molecule has 22 heavy (non-hydrogen) atoms. The summed E-state index contributed by atoms with van der Waals surface area (Å²) in [6.07, 6.45) is 0. The summed E-state index contributed by atoms with van der Waals surface area (Å²) in [6.45, 7) is 2.65. The van der Waals surface area contributed by atoms with E-state index >= 15 is 0 Å². The Bertz CT molecular complexity index is 645. The van der Waals surface area contributed by atoms with Gasteiger partial charge in [-0.25, -0.2) is 4.79 Å². The molecule has 0 spiro atoms. The lowest BCUT2D eigenvalue weighted by Crippen LogP contribution is -2.32. The van der Waals surface area contributed by atoms with Crippen LogP contribution in [0.15, 0.2) is 42.5 Å². The van der Waals surface area contributed by atoms with E-state index in [1.54, 1.807) is 36.4 Å². The van der Waals surface area contributed by atoms with Gasteiger partial charge >= 0.3 is 6.03 Å². The van der Waals surface area contributed by atoms with Crippen molar-refractivity contribution in [1.29, 1.82) is 0 Å². The second-order valence-corrected chi connectivity index (χ2v) is 5.49. The summed E-state index contributed by atoms with van der Waals surface area (Å²) < 4.78 is 5.47. The molecule has 116 valence electrons. The zero-order valence-corrected chi connectivity index (χ0v) is 13.5. The Morgan fingerprint density at radius 3 is 2.55 bits per heavy atom. The lowest BCUT2D eigenvalue weighted by molar-refractivity contribution is 0.247. The lowest BCUT2D eigenvalue weighted by atomic mass is 10.2. The predicted octanol–water partition coefficient (Wildman–Crippen LogP) is 4.50. The number of carbonyl (C=O) groups is 1. The van der Waals surface area contributed by atoms with Crippen molar-refractivity contribution in [3.8, 4) is 5.75 Å². The largest absolute Gasteiger partial charge is 0.492 e. The minimum atomic E-state index is -0.306. The molecule has 4 nitrogen and oxygen atoms in total. The predicted molar refractivity (Wildman–Crippen MR) is 90.2 cm³/mol. The summed E-state index contributed by atoms with van der Waals surface area (Å²) >= 11 is 11.8. The summed E-state index contributed by atoms with van der Waals surface area (Å²) in [4.78, 5) is 11.7. The number of rotatable bonds is 5. The fourth-order valence-electron chi connectivity index (χ4n) is 1.71. The van der Waals surface area contributed by atoms with Crippen LogP contribution in [0, 0.1) is 6.92 Å². The molecule has 0 aliphatic rings. The first-order valence-corrected chi connectivity index (χ1v) is 7.49. The number of amides is 2. The highest BCUT2D eigenvalue weighted by molar-refractivity contribution is 6.31. The van der Waals surface area contributed by atoms with Gasteiger partial charge in [0.15, 0.2) is 0 Å². The van der Waals surface area contributed by atoms with E-state index in [1.807, 2.05) is 13.0 Å². The Morgan fingerprint density at radius 1 is 1.14 bits per heavy atom. The summed E-state index contributed by atoms with van der Waals surface area (Å²) in [7, 11) is 0. The van der Waals surface area contributed by atoms with Gasteiger partial charge in [-0.1, -0.05) is 29.3 Å². The molecule has 0 radical (unpaired) electrons. The Hall–Kier alpha value is -1.91. The van der Waals surface area contributed by atoms with Crippen LogP contribution in [-0.2, 0) is 0 Å². The Balaban J connectivity index is 1.71. The summed E-state index contributed by atoms with van der Waals surface area (Å²) in [6, 6.07) is 12.1. The quantitative estimate of drug-likeness (QED) is 0.788. The molecule has 0 bridgehead atoms. The number of carbonyl (C=O) groups excluding carboxylic acids is 1. The number of urea groups is 1. The third-order valence-corrected chi connectivity index (χ3v) is 3.56. The molecule has 0 aromatic heterocycles. The molecule has 2 aromatic carbocycles. The first-order valence-electron chi connectivity index (χ1n) is 6.74. The van der Waals surface area contributed by atoms with E-state index in [4.69, 9.17) is 27.9 Å². The van der Waals surface area contributed by atoms with Gasteiger partial charge < -0.3 is 15.4 Å². The van der Waals surface area contributed by atoms with Crippen LogP contribution in [0.5, 0.6) is 5.75 Å². The highest BCUT2D eigenvalue weighted by Gasteiger charge is 2.03. The van der Waals surface area contributed by atoms with Gasteiger partial charge in [-0.3, -0.25) is 0 Å². The number of ether oxygens (including phenoxy) is 1. The average Bonchev–Trinajstić information content (AvgIpc) is 2.49.